The van der Waals surface area contributed by atoms with Crippen LogP contribution in [0.2, 0.25) is 0 Å². The van der Waals surface area contributed by atoms with Gasteiger partial charge in [0.15, 0.2) is 0 Å². The Kier molecular flexibility index (Phi) is 4.41. The average molecular weight is 246 g/mol. The normalized spacial score (nSPS) is 24.7. The van der Waals surface area contributed by atoms with E-state index in [9.17, 15) is 0 Å². The zero-order valence-electron chi connectivity index (χ0n) is 11.9. The van der Waals surface area contributed by atoms with Gasteiger partial charge in [-0.3, -0.25) is 0 Å². The molecule has 1 aliphatic rings. The van der Waals surface area contributed by atoms with Crippen LogP contribution in [0.25, 0.3) is 0 Å². The molecule has 0 spiro atoms. The summed E-state index contributed by atoms with van der Waals surface area (Å²) in [5.41, 5.74) is 1.68. The molecule has 2 heteroatoms. The second-order valence-electron chi connectivity index (χ2n) is 6.34. The Hall–Kier alpha value is -0.860. The lowest BCUT2D eigenvalue weighted by Crippen LogP contribution is -2.46. The molecule has 1 N–H and O–H groups in total. The Balaban J connectivity index is 1.91. The van der Waals surface area contributed by atoms with Crippen molar-refractivity contribution in [1.82, 2.24) is 10.2 Å². The lowest BCUT2D eigenvalue weighted by molar-refractivity contribution is 0.223. The van der Waals surface area contributed by atoms with Crippen LogP contribution in [0, 0.1) is 5.92 Å². The van der Waals surface area contributed by atoms with Crippen molar-refractivity contribution in [3.05, 3.63) is 35.9 Å². The molecule has 2 nitrogen and oxygen atoms in total. The van der Waals surface area contributed by atoms with Gasteiger partial charge in [0, 0.05) is 25.2 Å². The highest BCUT2D eigenvalue weighted by atomic mass is 15.2. The fourth-order valence-corrected chi connectivity index (χ4v) is 2.74. The summed E-state index contributed by atoms with van der Waals surface area (Å²) < 4.78 is 0. The number of nitrogens with zero attached hydrogens (tertiary/aromatic N) is 1. The van der Waals surface area contributed by atoms with E-state index in [1.165, 1.54) is 18.7 Å². The molecule has 0 radical (unpaired) electrons. The van der Waals surface area contributed by atoms with Gasteiger partial charge in [-0.2, -0.15) is 0 Å². The quantitative estimate of drug-likeness (QED) is 0.882. The van der Waals surface area contributed by atoms with Crippen LogP contribution in [0.1, 0.15) is 26.3 Å². The van der Waals surface area contributed by atoms with Gasteiger partial charge < -0.3 is 10.2 Å². The van der Waals surface area contributed by atoms with Gasteiger partial charge in [0.25, 0.3) is 0 Å². The highest BCUT2D eigenvalue weighted by molar-refractivity contribution is 5.14. The van der Waals surface area contributed by atoms with Crippen LogP contribution in [0.5, 0.6) is 0 Å². The number of nitrogens with one attached hydrogen (secondary N) is 1. The van der Waals surface area contributed by atoms with Gasteiger partial charge in [0.2, 0.25) is 0 Å². The topological polar surface area (TPSA) is 15.3 Å². The van der Waals surface area contributed by atoms with Gasteiger partial charge >= 0.3 is 0 Å². The number of hydrogen-bond acceptors (Lipinski definition) is 2. The third-order valence-corrected chi connectivity index (χ3v) is 3.68. The molecule has 0 amide bonds. The van der Waals surface area contributed by atoms with Crippen LogP contribution in [-0.2, 0) is 6.42 Å². The van der Waals surface area contributed by atoms with Gasteiger partial charge in [0.05, 0.1) is 0 Å². The maximum Gasteiger partial charge on any atom is 0.0252 e. The molecule has 1 aromatic rings. The maximum absolute atomic E-state index is 3.66. The molecular formula is C16H26N2. The SMILES string of the molecule is CC1CNC(C)(C)CN(CCc2ccccc2)C1. The Labute approximate surface area is 111 Å². The van der Waals surface area contributed by atoms with Crippen LogP contribution in [0.15, 0.2) is 30.3 Å². The zero-order valence-corrected chi connectivity index (χ0v) is 11.9. The minimum atomic E-state index is 0.238. The van der Waals surface area contributed by atoms with Crippen LogP contribution in [-0.4, -0.2) is 36.6 Å². The molecule has 1 fully saturated rings. The Morgan fingerprint density at radius 1 is 1.28 bits per heavy atom. The van der Waals surface area contributed by atoms with E-state index in [2.05, 4.69) is 61.3 Å². The largest absolute Gasteiger partial charge is 0.310 e. The predicted octanol–water partition coefficient (Wildman–Crippen LogP) is 2.55. The summed E-state index contributed by atoms with van der Waals surface area (Å²) in [6, 6.07) is 10.8. The predicted molar refractivity (Wildman–Crippen MR) is 77.8 cm³/mol. The second kappa shape index (κ2) is 5.85. The van der Waals surface area contributed by atoms with Gasteiger partial charge in [-0.25, -0.2) is 0 Å². The summed E-state index contributed by atoms with van der Waals surface area (Å²) in [6.45, 7) is 11.6. The molecule has 100 valence electrons. The van der Waals surface area contributed by atoms with Gasteiger partial charge in [-0.1, -0.05) is 37.3 Å². The van der Waals surface area contributed by atoms with Crippen LogP contribution >= 0.6 is 0 Å². The van der Waals surface area contributed by atoms with Crippen molar-refractivity contribution in [3.8, 4) is 0 Å². The molecule has 2 rings (SSSR count). The van der Waals surface area contributed by atoms with E-state index < -0.39 is 0 Å². The number of rotatable bonds is 3. The maximum atomic E-state index is 3.66. The minimum absolute atomic E-state index is 0.238. The van der Waals surface area contributed by atoms with Gasteiger partial charge in [-0.05, 0) is 38.3 Å². The molecule has 1 unspecified atom stereocenters. The van der Waals surface area contributed by atoms with Crippen molar-refractivity contribution in [2.24, 2.45) is 5.92 Å². The van der Waals surface area contributed by atoms with Crippen LogP contribution in [0.4, 0.5) is 0 Å². The first-order valence-corrected chi connectivity index (χ1v) is 7.06. The number of hydrogen-bond donors (Lipinski definition) is 1. The highest BCUT2D eigenvalue weighted by Crippen LogP contribution is 2.14. The van der Waals surface area contributed by atoms with Crippen molar-refractivity contribution < 1.29 is 0 Å². The Bertz CT molecular complexity index is 359. The lowest BCUT2D eigenvalue weighted by Gasteiger charge is -2.30. The first-order valence-electron chi connectivity index (χ1n) is 7.06. The van der Waals surface area contributed by atoms with E-state index in [0.717, 1.165) is 25.4 Å². The molecular weight excluding hydrogens is 220 g/mol. The fraction of sp³-hybridized carbons (Fsp3) is 0.625. The number of benzene rings is 1. The van der Waals surface area contributed by atoms with E-state index in [4.69, 9.17) is 0 Å². The summed E-state index contributed by atoms with van der Waals surface area (Å²) >= 11 is 0. The summed E-state index contributed by atoms with van der Waals surface area (Å²) in [5.74, 6) is 0.738. The molecule has 1 heterocycles. The molecule has 0 aliphatic carbocycles. The summed E-state index contributed by atoms with van der Waals surface area (Å²) in [6.07, 6.45) is 1.16. The Morgan fingerprint density at radius 3 is 2.72 bits per heavy atom. The lowest BCUT2D eigenvalue weighted by atomic mass is 10.1. The summed E-state index contributed by atoms with van der Waals surface area (Å²) in [4.78, 5) is 2.61. The molecule has 1 aliphatic heterocycles. The molecule has 0 aromatic heterocycles. The first-order chi connectivity index (χ1) is 8.55. The van der Waals surface area contributed by atoms with Crippen molar-refractivity contribution in [1.29, 1.82) is 0 Å². The zero-order chi connectivity index (χ0) is 13.0. The van der Waals surface area contributed by atoms with Crippen LogP contribution < -0.4 is 5.32 Å². The van der Waals surface area contributed by atoms with Crippen molar-refractivity contribution in [2.45, 2.75) is 32.7 Å². The smallest absolute Gasteiger partial charge is 0.0252 e. The molecule has 1 aromatic carbocycles. The molecule has 18 heavy (non-hydrogen) atoms. The monoisotopic (exact) mass is 246 g/mol. The standard InChI is InChI=1S/C16H26N2/c1-14-11-17-16(2,3)13-18(12-14)10-9-15-7-5-4-6-8-15/h4-8,14,17H,9-13H2,1-3H3. The third kappa shape index (κ3) is 4.11. The fourth-order valence-electron chi connectivity index (χ4n) is 2.74. The van der Waals surface area contributed by atoms with E-state index in [0.29, 0.717) is 0 Å². The van der Waals surface area contributed by atoms with E-state index in [-0.39, 0.29) is 5.54 Å². The van der Waals surface area contributed by atoms with Gasteiger partial charge in [-0.15, -0.1) is 0 Å². The van der Waals surface area contributed by atoms with Crippen LogP contribution in [0.3, 0.4) is 0 Å². The third-order valence-electron chi connectivity index (χ3n) is 3.68. The molecule has 0 saturated carbocycles. The molecule has 1 saturated heterocycles. The van der Waals surface area contributed by atoms with E-state index >= 15 is 0 Å². The second-order valence-corrected chi connectivity index (χ2v) is 6.34. The van der Waals surface area contributed by atoms with Crippen molar-refractivity contribution in [2.75, 3.05) is 26.2 Å². The Morgan fingerprint density at radius 2 is 2.00 bits per heavy atom. The molecule has 1 atom stereocenters. The van der Waals surface area contributed by atoms with Crippen molar-refractivity contribution in [3.63, 3.8) is 0 Å². The molecule has 0 bridgehead atoms. The van der Waals surface area contributed by atoms with Gasteiger partial charge in [0.1, 0.15) is 0 Å². The van der Waals surface area contributed by atoms with E-state index in [1.54, 1.807) is 0 Å². The minimum Gasteiger partial charge on any atom is -0.310 e. The van der Waals surface area contributed by atoms with Crippen molar-refractivity contribution >= 4 is 0 Å². The summed E-state index contributed by atoms with van der Waals surface area (Å²) in [5, 5.41) is 3.66. The van der Waals surface area contributed by atoms with E-state index in [1.807, 2.05) is 0 Å². The average Bonchev–Trinajstić information content (AvgIpc) is 2.47. The highest BCUT2D eigenvalue weighted by Gasteiger charge is 2.26. The summed E-state index contributed by atoms with van der Waals surface area (Å²) in [7, 11) is 0. The first kappa shape index (κ1) is 13.6.